The highest BCUT2D eigenvalue weighted by Gasteiger charge is 2.31. The quantitative estimate of drug-likeness (QED) is 0.197. The van der Waals surface area contributed by atoms with E-state index in [1.54, 1.807) is 35.0 Å². The van der Waals surface area contributed by atoms with Crippen molar-refractivity contribution in [1.82, 2.24) is 24.7 Å². The number of imidazole rings is 1. The number of hydrogen-bond acceptors (Lipinski definition) is 7. The predicted molar refractivity (Wildman–Crippen MR) is 190 cm³/mol. The number of aliphatic carboxylic acids is 1. The zero-order valence-electron chi connectivity index (χ0n) is 28.8. The van der Waals surface area contributed by atoms with E-state index in [-0.39, 0.29) is 51.5 Å². The first-order chi connectivity index (χ1) is 24.4. The van der Waals surface area contributed by atoms with E-state index in [0.29, 0.717) is 68.4 Å². The van der Waals surface area contributed by atoms with E-state index in [2.05, 4.69) is 15.6 Å². The fourth-order valence-corrected chi connectivity index (χ4v) is 7.04. The summed E-state index contributed by atoms with van der Waals surface area (Å²) < 4.78 is 21.0. The number of quaternary nitrogens is 1. The monoisotopic (exact) mass is 746 g/mol. The van der Waals surface area contributed by atoms with Crippen LogP contribution in [0.2, 0.25) is 10.0 Å². The Morgan fingerprint density at radius 3 is 2.43 bits per heavy atom. The van der Waals surface area contributed by atoms with E-state index >= 15 is 0 Å². The lowest BCUT2D eigenvalue weighted by atomic mass is 9.98. The standard InChI is InChI=1S/C35H42Cl2FN7O6/c1-4-22(9-10-43(20-29(46)47)19-21-16-39-17-21)34(49)44-11-13-45(14-12-44)35(50)24-6-5-23(15-26(24)36)41-33(48)32-40-18-27(42(32)2)25-7-8-28(51-3)31(38)30(25)37/h5-8,15,18,21-22,39H,4,9-14,16-17,19-20H2,1-3H3,(H,41,48)(H,46,47)/p+1. The van der Waals surface area contributed by atoms with Gasteiger partial charge in [0.1, 0.15) is 0 Å². The lowest BCUT2D eigenvalue weighted by Crippen LogP contribution is -3.14. The molecule has 51 heavy (non-hydrogen) atoms. The Labute approximate surface area is 305 Å². The molecule has 2 unspecified atom stereocenters. The molecular formula is C35H43Cl2FN7O6+. The Hall–Kier alpha value is -4.24. The van der Waals surface area contributed by atoms with E-state index in [9.17, 15) is 28.7 Å². The summed E-state index contributed by atoms with van der Waals surface area (Å²) >= 11 is 12.8. The maximum Gasteiger partial charge on any atom is 0.359 e. The molecule has 0 bridgehead atoms. The number of piperazine rings is 1. The number of ether oxygens (including phenoxy) is 1. The molecule has 5 rings (SSSR count). The number of nitrogens with one attached hydrogen (secondary N) is 3. The minimum Gasteiger partial charge on any atom is -0.494 e. The Kier molecular flexibility index (Phi) is 12.6. The van der Waals surface area contributed by atoms with Gasteiger partial charge in [-0.05, 0) is 36.8 Å². The molecule has 0 aliphatic carbocycles. The molecule has 3 aromatic rings. The Bertz CT molecular complexity index is 1780. The van der Waals surface area contributed by atoms with Crippen LogP contribution in [0.4, 0.5) is 10.1 Å². The van der Waals surface area contributed by atoms with Gasteiger partial charge in [0.05, 0.1) is 47.7 Å². The van der Waals surface area contributed by atoms with E-state index < -0.39 is 17.7 Å². The summed E-state index contributed by atoms with van der Waals surface area (Å²) in [5, 5.41) is 15.3. The highest BCUT2D eigenvalue weighted by atomic mass is 35.5. The number of rotatable bonds is 14. The van der Waals surface area contributed by atoms with Crippen LogP contribution in [0, 0.1) is 17.7 Å². The maximum atomic E-state index is 14.6. The first kappa shape index (κ1) is 38.0. The topological polar surface area (TPSA) is 151 Å². The first-order valence-corrected chi connectivity index (χ1v) is 17.7. The average Bonchev–Trinajstić information content (AvgIpc) is 3.47. The van der Waals surface area contributed by atoms with Gasteiger partial charge in [-0.15, -0.1) is 0 Å². The molecule has 2 atom stereocenters. The number of aromatic nitrogens is 2. The number of anilines is 1. The zero-order valence-corrected chi connectivity index (χ0v) is 30.3. The van der Waals surface area contributed by atoms with E-state index in [0.717, 1.165) is 24.5 Å². The normalized spacial score (nSPS) is 16.0. The molecule has 13 nitrogen and oxygen atoms in total. The molecule has 2 aliphatic heterocycles. The van der Waals surface area contributed by atoms with Crippen molar-refractivity contribution in [2.75, 3.05) is 71.3 Å². The summed E-state index contributed by atoms with van der Waals surface area (Å²) in [6.07, 6.45) is 2.67. The van der Waals surface area contributed by atoms with Crippen molar-refractivity contribution < 1.29 is 38.3 Å². The highest BCUT2D eigenvalue weighted by molar-refractivity contribution is 6.34. The minimum absolute atomic E-state index is 0.00619. The van der Waals surface area contributed by atoms with Crippen LogP contribution < -0.4 is 20.3 Å². The van der Waals surface area contributed by atoms with Crippen molar-refractivity contribution in [3.63, 3.8) is 0 Å². The van der Waals surface area contributed by atoms with Gasteiger partial charge in [0.2, 0.25) is 5.91 Å². The summed E-state index contributed by atoms with van der Waals surface area (Å²) in [6, 6.07) is 7.61. The van der Waals surface area contributed by atoms with Gasteiger partial charge in [-0.2, -0.15) is 0 Å². The first-order valence-electron chi connectivity index (χ1n) is 16.9. The van der Waals surface area contributed by atoms with Crippen LogP contribution in [0.15, 0.2) is 36.5 Å². The lowest BCUT2D eigenvalue weighted by molar-refractivity contribution is -0.897. The van der Waals surface area contributed by atoms with Crippen molar-refractivity contribution in [2.45, 2.75) is 19.8 Å². The number of carboxylic acids is 1. The minimum atomic E-state index is -0.841. The molecule has 2 saturated heterocycles. The third-order valence-electron chi connectivity index (χ3n) is 9.60. The van der Waals surface area contributed by atoms with Crippen LogP contribution in [-0.2, 0) is 16.6 Å². The number of carbonyl (C=O) groups excluding carboxylic acids is 3. The third kappa shape index (κ3) is 8.80. The summed E-state index contributed by atoms with van der Waals surface area (Å²) in [5.74, 6) is -2.09. The molecule has 2 aliphatic rings. The zero-order chi connectivity index (χ0) is 36.8. The van der Waals surface area contributed by atoms with Crippen molar-refractivity contribution >= 4 is 52.6 Å². The molecule has 3 heterocycles. The van der Waals surface area contributed by atoms with Gasteiger partial charge in [-0.3, -0.25) is 14.4 Å². The van der Waals surface area contributed by atoms with Crippen LogP contribution in [0.3, 0.4) is 0 Å². The summed E-state index contributed by atoms with van der Waals surface area (Å²) in [4.78, 5) is 60.0. The van der Waals surface area contributed by atoms with Gasteiger partial charge in [0, 0.05) is 75.8 Å². The largest absolute Gasteiger partial charge is 0.494 e. The molecule has 2 aromatic carbocycles. The third-order valence-corrected chi connectivity index (χ3v) is 10.3. The lowest BCUT2D eigenvalue weighted by Gasteiger charge is -2.37. The molecule has 274 valence electrons. The maximum absolute atomic E-state index is 14.6. The van der Waals surface area contributed by atoms with Crippen LogP contribution >= 0.6 is 23.2 Å². The molecule has 4 N–H and O–H groups in total. The van der Waals surface area contributed by atoms with Crippen molar-refractivity contribution in [3.8, 4) is 17.0 Å². The van der Waals surface area contributed by atoms with Crippen LogP contribution in [0.1, 0.15) is 40.7 Å². The van der Waals surface area contributed by atoms with Gasteiger partial charge >= 0.3 is 5.97 Å². The number of carbonyl (C=O) groups is 4. The van der Waals surface area contributed by atoms with E-state index in [1.165, 1.54) is 30.0 Å². The second-order valence-electron chi connectivity index (χ2n) is 12.9. The summed E-state index contributed by atoms with van der Waals surface area (Å²) in [5.41, 5.74) is 1.36. The molecule has 1 aromatic heterocycles. The van der Waals surface area contributed by atoms with Crippen LogP contribution in [0.5, 0.6) is 5.75 Å². The van der Waals surface area contributed by atoms with Crippen LogP contribution in [0.25, 0.3) is 11.3 Å². The number of hydrogen-bond donors (Lipinski definition) is 4. The number of amides is 3. The number of nitrogens with zero attached hydrogens (tertiary/aromatic N) is 4. The number of methoxy groups -OCH3 is 1. The number of halogens is 3. The Balaban J connectivity index is 1.15. The van der Waals surface area contributed by atoms with Crippen LogP contribution in [-0.4, -0.2) is 114 Å². The van der Waals surface area contributed by atoms with Crippen molar-refractivity contribution in [2.24, 2.45) is 18.9 Å². The molecule has 2 fully saturated rings. The van der Waals surface area contributed by atoms with E-state index in [1.807, 2.05) is 6.92 Å². The molecular weight excluding hydrogens is 704 g/mol. The van der Waals surface area contributed by atoms with Gasteiger partial charge in [-0.25, -0.2) is 14.2 Å². The second kappa shape index (κ2) is 16.9. The second-order valence-corrected chi connectivity index (χ2v) is 13.7. The average molecular weight is 748 g/mol. The van der Waals surface area contributed by atoms with Gasteiger partial charge in [-0.1, -0.05) is 30.1 Å². The predicted octanol–water partition coefficient (Wildman–Crippen LogP) is 2.68. The Morgan fingerprint density at radius 1 is 1.12 bits per heavy atom. The Morgan fingerprint density at radius 2 is 1.82 bits per heavy atom. The molecule has 16 heteroatoms. The molecule has 0 saturated carbocycles. The van der Waals surface area contributed by atoms with Gasteiger partial charge in [0.25, 0.3) is 11.8 Å². The van der Waals surface area contributed by atoms with Gasteiger partial charge in [0.15, 0.2) is 23.9 Å². The number of benzene rings is 2. The molecule has 3 amide bonds. The van der Waals surface area contributed by atoms with Crippen molar-refractivity contribution in [3.05, 3.63) is 63.8 Å². The van der Waals surface area contributed by atoms with Crippen molar-refractivity contribution in [1.29, 1.82) is 0 Å². The highest BCUT2D eigenvalue weighted by Crippen LogP contribution is 2.35. The fourth-order valence-electron chi connectivity index (χ4n) is 6.53. The summed E-state index contributed by atoms with van der Waals surface area (Å²) in [7, 11) is 2.94. The van der Waals surface area contributed by atoms with E-state index in [4.69, 9.17) is 27.9 Å². The fraction of sp³-hybridized carbons (Fsp3) is 0.457. The number of carboxylic acid groups (broad SMARTS) is 1. The smallest absolute Gasteiger partial charge is 0.359 e. The molecule has 0 spiro atoms. The molecule has 0 radical (unpaired) electrons. The SMILES string of the molecule is CCC(CC[NH+](CC(=O)O)CC1CNC1)C(=O)N1CCN(C(=O)c2ccc(NC(=O)c3ncc(-c4ccc(OC)c(F)c4Cl)n3C)cc2Cl)CC1. The van der Waals surface area contributed by atoms with Gasteiger partial charge < -0.3 is 39.7 Å². The summed E-state index contributed by atoms with van der Waals surface area (Å²) in [6.45, 7) is 6.63.